The van der Waals surface area contributed by atoms with Gasteiger partial charge in [-0.25, -0.2) is 14.4 Å². The maximum absolute atomic E-state index is 12.6. The monoisotopic (exact) mass is 542 g/mol. The van der Waals surface area contributed by atoms with E-state index in [-0.39, 0.29) is 22.9 Å². The molecule has 0 bridgehead atoms. The van der Waals surface area contributed by atoms with Crippen molar-refractivity contribution in [2.24, 2.45) is 17.4 Å². The van der Waals surface area contributed by atoms with Crippen molar-refractivity contribution in [3.63, 3.8) is 0 Å². The molecule has 3 rings (SSSR count). The number of carboxylic acids is 1. The van der Waals surface area contributed by atoms with E-state index in [0.717, 1.165) is 35.3 Å². The molecular weight excluding hydrogens is 508 g/mol. The molecule has 4 amide bonds. The van der Waals surface area contributed by atoms with Gasteiger partial charge in [0.1, 0.15) is 16.1 Å². The Kier molecular flexibility index (Phi) is 8.82. The number of nitrogens with one attached hydrogen (secondary N) is 2. The number of carbonyl (C=O) groups is 4. The van der Waals surface area contributed by atoms with Crippen LogP contribution in [-0.2, 0) is 9.53 Å². The van der Waals surface area contributed by atoms with Crippen molar-refractivity contribution in [1.82, 2.24) is 5.32 Å². The molecule has 0 aliphatic heterocycles. The van der Waals surface area contributed by atoms with Gasteiger partial charge in [0.15, 0.2) is 0 Å². The molecule has 2 aromatic rings. The van der Waals surface area contributed by atoms with Gasteiger partial charge in [-0.3, -0.25) is 10.1 Å². The molecule has 10 nitrogen and oxygen atoms in total. The number of rotatable bonds is 9. The molecule has 38 heavy (non-hydrogen) atoms. The number of hydrogen-bond donors (Lipinski definition) is 5. The van der Waals surface area contributed by atoms with Crippen molar-refractivity contribution in [1.29, 1.82) is 0 Å². The Bertz CT molecular complexity index is 1240. The van der Waals surface area contributed by atoms with Gasteiger partial charge < -0.3 is 26.6 Å². The van der Waals surface area contributed by atoms with Gasteiger partial charge in [0.05, 0.1) is 5.56 Å². The summed E-state index contributed by atoms with van der Waals surface area (Å²) in [6.45, 7) is 5.18. The third-order valence-corrected chi connectivity index (χ3v) is 7.41. The van der Waals surface area contributed by atoms with Gasteiger partial charge in [0.2, 0.25) is 0 Å². The molecule has 0 radical (unpaired) electrons. The van der Waals surface area contributed by atoms with Crippen LogP contribution in [0.5, 0.6) is 0 Å². The minimum Gasteiger partial charge on any atom is -0.479 e. The minimum absolute atomic E-state index is 0.0774. The van der Waals surface area contributed by atoms with Crippen LogP contribution < -0.4 is 22.1 Å². The van der Waals surface area contributed by atoms with Crippen LogP contribution in [0.15, 0.2) is 36.4 Å². The van der Waals surface area contributed by atoms with Gasteiger partial charge in [-0.15, -0.1) is 11.3 Å². The Balaban J connectivity index is 1.87. The highest BCUT2D eigenvalue weighted by Gasteiger charge is 2.48. The highest BCUT2D eigenvalue weighted by molar-refractivity contribution is 7.20. The summed E-state index contributed by atoms with van der Waals surface area (Å²) in [5.41, 5.74) is 10.1. The van der Waals surface area contributed by atoms with Gasteiger partial charge in [0.25, 0.3) is 5.91 Å². The molecule has 11 heteroatoms. The van der Waals surface area contributed by atoms with Gasteiger partial charge in [-0.05, 0) is 69.2 Å². The number of benzene rings is 1. The first kappa shape index (κ1) is 28.7. The van der Waals surface area contributed by atoms with Crippen LogP contribution >= 0.6 is 11.3 Å². The van der Waals surface area contributed by atoms with E-state index in [9.17, 15) is 24.3 Å². The summed E-state index contributed by atoms with van der Waals surface area (Å²) < 4.78 is 5.38. The van der Waals surface area contributed by atoms with Crippen molar-refractivity contribution < 1.29 is 29.0 Å². The number of hydrogen-bond acceptors (Lipinski definition) is 6. The largest absolute Gasteiger partial charge is 0.479 e. The van der Waals surface area contributed by atoms with E-state index in [2.05, 4.69) is 10.6 Å². The van der Waals surface area contributed by atoms with Crippen LogP contribution in [-0.4, -0.2) is 40.2 Å². The molecule has 1 aromatic heterocycles. The number of thiophene rings is 1. The number of urea groups is 1. The first-order valence-electron chi connectivity index (χ1n) is 12.3. The molecule has 1 saturated carbocycles. The van der Waals surface area contributed by atoms with Crippen molar-refractivity contribution in [2.45, 2.75) is 64.0 Å². The molecule has 0 unspecified atom stereocenters. The first-order valence-corrected chi connectivity index (χ1v) is 13.1. The van der Waals surface area contributed by atoms with E-state index in [1.807, 2.05) is 24.3 Å². The molecule has 1 aromatic carbocycles. The highest BCUT2D eigenvalue weighted by atomic mass is 32.1. The highest BCUT2D eigenvalue weighted by Crippen LogP contribution is 2.38. The zero-order valence-corrected chi connectivity index (χ0v) is 22.5. The molecule has 1 aliphatic carbocycles. The van der Waals surface area contributed by atoms with Gasteiger partial charge in [0, 0.05) is 4.88 Å². The molecule has 0 saturated heterocycles. The predicted molar refractivity (Wildman–Crippen MR) is 147 cm³/mol. The topological polar surface area (TPSA) is 174 Å². The number of nitrogens with two attached hydrogens (primary N) is 2. The van der Waals surface area contributed by atoms with Crippen LogP contribution in [0.2, 0.25) is 0 Å². The number of alkyl carbamates (subject to hydrolysis) is 1. The lowest BCUT2D eigenvalue weighted by molar-refractivity contribution is -0.147. The van der Waals surface area contributed by atoms with Gasteiger partial charge >= 0.3 is 18.1 Å². The lowest BCUT2D eigenvalue weighted by Gasteiger charge is -2.36. The minimum atomic E-state index is -1.49. The normalized spacial score (nSPS) is 15.7. The molecular formula is C27H34N4O6S. The van der Waals surface area contributed by atoms with E-state index >= 15 is 0 Å². The van der Waals surface area contributed by atoms with Crippen LogP contribution in [0.1, 0.15) is 68.8 Å². The molecule has 1 atom stereocenters. The summed E-state index contributed by atoms with van der Waals surface area (Å²) in [5.74, 6) is -2.01. The quantitative estimate of drug-likeness (QED) is 0.300. The van der Waals surface area contributed by atoms with E-state index in [1.165, 1.54) is 0 Å². The number of aliphatic carboxylic acids is 1. The zero-order valence-electron chi connectivity index (χ0n) is 21.7. The standard InChI is InChI=1S/C27H34N4O6S/c1-26(2,3)37-25(36)31-27(23(33)34,18-11-4-5-12-18)13-7-9-16-8-6-10-17(14-16)20-15-19(21(28)32)22(38-20)30-24(29)35/h6-10,14-15,18H,4-5,11-13H2,1-3H3,(H2,28,32)(H,31,36)(H,33,34)(H3,29,30,35)/t27-/m0/s1. The van der Waals surface area contributed by atoms with Crippen molar-refractivity contribution in [3.8, 4) is 10.4 Å². The summed E-state index contributed by atoms with van der Waals surface area (Å²) in [5, 5.41) is 15.6. The van der Waals surface area contributed by atoms with Gasteiger partial charge in [-0.2, -0.15) is 0 Å². The smallest absolute Gasteiger partial charge is 0.408 e. The Morgan fingerprint density at radius 3 is 2.39 bits per heavy atom. The van der Waals surface area contributed by atoms with Gasteiger partial charge in [-0.1, -0.05) is 43.2 Å². The summed E-state index contributed by atoms with van der Waals surface area (Å²) >= 11 is 1.16. The summed E-state index contributed by atoms with van der Waals surface area (Å²) in [4.78, 5) is 49.0. The van der Waals surface area contributed by atoms with E-state index in [4.69, 9.17) is 16.2 Å². The second kappa shape index (κ2) is 11.7. The summed E-state index contributed by atoms with van der Waals surface area (Å²) in [6, 6.07) is 8.15. The zero-order chi connectivity index (χ0) is 28.1. The number of primary amides is 2. The maximum atomic E-state index is 12.6. The second-order valence-electron chi connectivity index (χ2n) is 10.3. The SMILES string of the molecule is CC(C)(C)OC(=O)N[C@](CC=Cc1cccc(-c2cc(C(N)=O)c(NC(N)=O)s2)c1)(C(=O)O)C1CCCC1. The second-order valence-corrected chi connectivity index (χ2v) is 11.4. The average Bonchev–Trinajstić information content (AvgIpc) is 3.47. The third-order valence-electron chi connectivity index (χ3n) is 6.31. The molecule has 1 fully saturated rings. The predicted octanol–water partition coefficient (Wildman–Crippen LogP) is 4.95. The Morgan fingerprint density at radius 1 is 1.13 bits per heavy atom. The fourth-order valence-corrected chi connectivity index (χ4v) is 5.70. The molecule has 1 heterocycles. The number of carboxylic acid groups (broad SMARTS) is 1. The Labute approximate surface area is 225 Å². The average molecular weight is 543 g/mol. The maximum Gasteiger partial charge on any atom is 0.408 e. The summed E-state index contributed by atoms with van der Waals surface area (Å²) in [7, 11) is 0. The van der Waals surface area contributed by atoms with Crippen LogP contribution in [0.3, 0.4) is 0 Å². The van der Waals surface area contributed by atoms with Crippen molar-refractivity contribution in [3.05, 3.63) is 47.5 Å². The van der Waals surface area contributed by atoms with E-state index in [1.54, 1.807) is 39.0 Å². The van der Waals surface area contributed by atoms with E-state index < -0.39 is 35.1 Å². The number of anilines is 1. The summed E-state index contributed by atoms with van der Waals surface area (Å²) in [6.07, 6.45) is 6.06. The number of amides is 4. The molecule has 7 N–H and O–H groups in total. The van der Waals surface area contributed by atoms with Crippen molar-refractivity contribution >= 4 is 46.4 Å². The lowest BCUT2D eigenvalue weighted by atomic mass is 9.79. The lowest BCUT2D eigenvalue weighted by Crippen LogP contribution is -2.59. The third kappa shape index (κ3) is 7.12. The fraction of sp³-hybridized carbons (Fsp3) is 0.407. The van der Waals surface area contributed by atoms with Crippen LogP contribution in [0.4, 0.5) is 14.6 Å². The number of carbonyl (C=O) groups excluding carboxylic acids is 3. The first-order chi connectivity index (χ1) is 17.8. The Morgan fingerprint density at radius 2 is 1.82 bits per heavy atom. The number of ether oxygens (including phenoxy) is 1. The van der Waals surface area contributed by atoms with Crippen molar-refractivity contribution in [2.75, 3.05) is 5.32 Å². The Hall–Kier alpha value is -3.86. The molecule has 0 spiro atoms. The fourth-order valence-electron chi connectivity index (χ4n) is 4.64. The van der Waals surface area contributed by atoms with Crippen LogP contribution in [0, 0.1) is 5.92 Å². The molecule has 204 valence electrons. The van der Waals surface area contributed by atoms with E-state index in [0.29, 0.717) is 17.7 Å². The van der Waals surface area contributed by atoms with Crippen LogP contribution in [0.25, 0.3) is 16.5 Å². The molecule has 1 aliphatic rings.